The molecule has 4 heteroatoms. The van der Waals surface area contributed by atoms with Crippen LogP contribution in [0.4, 0.5) is 0 Å². The SMILES string of the molecule is COc1cccc(C2C(N)CCN2C(C)C)c1OC. The standard InChI is InChI=1S/C15H24N2O2/c1-10(2)17-9-8-12(16)14(17)11-6-5-7-13(18-3)15(11)19-4/h5-7,10,12,14H,8-9,16H2,1-4H3. The molecule has 1 heterocycles. The van der Waals surface area contributed by atoms with E-state index < -0.39 is 0 Å². The van der Waals surface area contributed by atoms with Gasteiger partial charge in [-0.1, -0.05) is 12.1 Å². The Kier molecular flexibility index (Phi) is 4.32. The van der Waals surface area contributed by atoms with E-state index in [1.807, 2.05) is 12.1 Å². The van der Waals surface area contributed by atoms with Gasteiger partial charge in [-0.15, -0.1) is 0 Å². The van der Waals surface area contributed by atoms with Gasteiger partial charge in [0.05, 0.1) is 20.3 Å². The van der Waals surface area contributed by atoms with E-state index >= 15 is 0 Å². The number of likely N-dealkylation sites (tertiary alicyclic amines) is 1. The van der Waals surface area contributed by atoms with Crippen molar-refractivity contribution in [3.05, 3.63) is 23.8 Å². The van der Waals surface area contributed by atoms with Crippen LogP contribution in [0.2, 0.25) is 0 Å². The summed E-state index contributed by atoms with van der Waals surface area (Å²) in [4.78, 5) is 2.43. The van der Waals surface area contributed by atoms with Crippen molar-refractivity contribution in [1.29, 1.82) is 0 Å². The van der Waals surface area contributed by atoms with Crippen LogP contribution in [-0.2, 0) is 0 Å². The van der Waals surface area contributed by atoms with Gasteiger partial charge in [0.15, 0.2) is 11.5 Å². The number of hydrogen-bond acceptors (Lipinski definition) is 4. The molecule has 4 nitrogen and oxygen atoms in total. The molecule has 2 unspecified atom stereocenters. The van der Waals surface area contributed by atoms with Crippen LogP contribution in [-0.4, -0.2) is 37.7 Å². The van der Waals surface area contributed by atoms with Gasteiger partial charge in [0.1, 0.15) is 0 Å². The molecule has 0 aliphatic carbocycles. The minimum absolute atomic E-state index is 0.142. The molecule has 2 atom stereocenters. The van der Waals surface area contributed by atoms with E-state index in [2.05, 4.69) is 24.8 Å². The number of rotatable bonds is 4. The fourth-order valence-electron chi connectivity index (χ4n) is 2.97. The minimum atomic E-state index is 0.142. The lowest BCUT2D eigenvalue weighted by Gasteiger charge is -2.31. The second-order valence-electron chi connectivity index (χ2n) is 5.31. The number of hydrogen-bond donors (Lipinski definition) is 1. The maximum absolute atomic E-state index is 6.32. The van der Waals surface area contributed by atoms with Crippen LogP contribution in [0, 0.1) is 0 Å². The van der Waals surface area contributed by atoms with Crippen molar-refractivity contribution in [2.24, 2.45) is 5.73 Å². The number of ether oxygens (including phenoxy) is 2. The lowest BCUT2D eigenvalue weighted by atomic mass is 9.98. The van der Waals surface area contributed by atoms with Gasteiger partial charge < -0.3 is 15.2 Å². The van der Waals surface area contributed by atoms with Crippen LogP contribution in [0.1, 0.15) is 31.9 Å². The lowest BCUT2D eigenvalue weighted by molar-refractivity contribution is 0.194. The van der Waals surface area contributed by atoms with E-state index in [0.717, 1.165) is 30.0 Å². The van der Waals surface area contributed by atoms with Crippen LogP contribution < -0.4 is 15.2 Å². The summed E-state index contributed by atoms with van der Waals surface area (Å²) in [5, 5.41) is 0. The van der Waals surface area contributed by atoms with E-state index in [-0.39, 0.29) is 12.1 Å². The fourth-order valence-corrected chi connectivity index (χ4v) is 2.97. The number of methoxy groups -OCH3 is 2. The van der Waals surface area contributed by atoms with Crippen molar-refractivity contribution in [3.63, 3.8) is 0 Å². The summed E-state index contributed by atoms with van der Waals surface area (Å²) in [6.45, 7) is 5.44. The first-order valence-corrected chi connectivity index (χ1v) is 6.82. The van der Waals surface area contributed by atoms with E-state index in [4.69, 9.17) is 15.2 Å². The Labute approximate surface area is 115 Å². The number of benzene rings is 1. The van der Waals surface area contributed by atoms with Gasteiger partial charge in [-0.25, -0.2) is 0 Å². The topological polar surface area (TPSA) is 47.7 Å². The molecule has 1 fully saturated rings. The quantitative estimate of drug-likeness (QED) is 0.905. The maximum atomic E-state index is 6.32. The number of para-hydroxylation sites is 1. The van der Waals surface area contributed by atoms with Crippen molar-refractivity contribution in [3.8, 4) is 11.5 Å². The molecule has 2 rings (SSSR count). The molecule has 2 N–H and O–H groups in total. The molecule has 1 saturated heterocycles. The summed E-state index contributed by atoms with van der Waals surface area (Å²) in [5.41, 5.74) is 7.44. The maximum Gasteiger partial charge on any atom is 0.165 e. The third-order valence-electron chi connectivity index (χ3n) is 3.90. The summed E-state index contributed by atoms with van der Waals surface area (Å²) in [6, 6.07) is 6.82. The van der Waals surface area contributed by atoms with Gasteiger partial charge in [-0.05, 0) is 26.3 Å². The van der Waals surface area contributed by atoms with Gasteiger partial charge in [0, 0.05) is 24.2 Å². The van der Waals surface area contributed by atoms with Crippen molar-refractivity contribution in [2.75, 3.05) is 20.8 Å². The third-order valence-corrected chi connectivity index (χ3v) is 3.90. The molecule has 1 aliphatic rings. The van der Waals surface area contributed by atoms with Crippen LogP contribution in [0.3, 0.4) is 0 Å². The Morgan fingerprint density at radius 2 is 2.00 bits per heavy atom. The highest BCUT2D eigenvalue weighted by Gasteiger charge is 2.36. The Bertz CT molecular complexity index is 434. The van der Waals surface area contributed by atoms with Crippen LogP contribution in [0.25, 0.3) is 0 Å². The molecule has 1 aromatic rings. The van der Waals surface area contributed by atoms with Gasteiger partial charge >= 0.3 is 0 Å². The molecule has 0 amide bonds. The van der Waals surface area contributed by atoms with Gasteiger partial charge in [-0.2, -0.15) is 0 Å². The average Bonchev–Trinajstić information content (AvgIpc) is 2.79. The van der Waals surface area contributed by atoms with E-state index in [1.54, 1.807) is 14.2 Å². The number of nitrogens with two attached hydrogens (primary N) is 1. The predicted octanol–water partition coefficient (Wildman–Crippen LogP) is 2.19. The summed E-state index contributed by atoms with van der Waals surface area (Å²) < 4.78 is 10.9. The molecule has 0 spiro atoms. The largest absolute Gasteiger partial charge is 0.493 e. The van der Waals surface area contributed by atoms with Crippen molar-refractivity contribution >= 4 is 0 Å². The molecular formula is C15H24N2O2. The van der Waals surface area contributed by atoms with Crippen molar-refractivity contribution in [1.82, 2.24) is 4.90 Å². The molecule has 0 radical (unpaired) electrons. The van der Waals surface area contributed by atoms with Gasteiger partial charge in [0.2, 0.25) is 0 Å². The third kappa shape index (κ3) is 2.55. The highest BCUT2D eigenvalue weighted by molar-refractivity contribution is 5.48. The van der Waals surface area contributed by atoms with Crippen molar-refractivity contribution < 1.29 is 9.47 Å². The molecule has 0 saturated carbocycles. The molecule has 106 valence electrons. The summed E-state index contributed by atoms with van der Waals surface area (Å²) in [5.74, 6) is 1.57. The molecule has 0 bridgehead atoms. The second-order valence-corrected chi connectivity index (χ2v) is 5.31. The first-order valence-electron chi connectivity index (χ1n) is 6.82. The minimum Gasteiger partial charge on any atom is -0.493 e. The smallest absolute Gasteiger partial charge is 0.165 e. The highest BCUT2D eigenvalue weighted by atomic mass is 16.5. The zero-order valence-corrected chi connectivity index (χ0v) is 12.2. The van der Waals surface area contributed by atoms with Gasteiger partial charge in [0.25, 0.3) is 0 Å². The van der Waals surface area contributed by atoms with E-state index in [9.17, 15) is 0 Å². The summed E-state index contributed by atoms with van der Waals surface area (Å²) in [7, 11) is 3.35. The molecule has 1 aromatic carbocycles. The Balaban J connectivity index is 2.44. The Hall–Kier alpha value is -1.26. The lowest BCUT2D eigenvalue weighted by Crippen LogP contribution is -2.36. The summed E-state index contributed by atoms with van der Waals surface area (Å²) >= 11 is 0. The average molecular weight is 264 g/mol. The van der Waals surface area contributed by atoms with Crippen LogP contribution >= 0.6 is 0 Å². The molecule has 1 aliphatic heterocycles. The first-order chi connectivity index (χ1) is 9.10. The van der Waals surface area contributed by atoms with Crippen molar-refractivity contribution in [2.45, 2.75) is 38.4 Å². The Morgan fingerprint density at radius 3 is 2.58 bits per heavy atom. The predicted molar refractivity (Wildman–Crippen MR) is 76.7 cm³/mol. The monoisotopic (exact) mass is 264 g/mol. The highest BCUT2D eigenvalue weighted by Crippen LogP contribution is 2.41. The second kappa shape index (κ2) is 5.80. The van der Waals surface area contributed by atoms with Gasteiger partial charge in [-0.3, -0.25) is 4.90 Å². The normalized spacial score (nSPS) is 23.9. The van der Waals surface area contributed by atoms with Crippen LogP contribution in [0.15, 0.2) is 18.2 Å². The summed E-state index contributed by atoms with van der Waals surface area (Å²) in [6.07, 6.45) is 1.02. The molecule has 0 aromatic heterocycles. The molecular weight excluding hydrogens is 240 g/mol. The zero-order chi connectivity index (χ0) is 14.0. The Morgan fingerprint density at radius 1 is 1.26 bits per heavy atom. The van der Waals surface area contributed by atoms with E-state index in [0.29, 0.717) is 6.04 Å². The molecule has 19 heavy (non-hydrogen) atoms. The number of nitrogens with zero attached hydrogens (tertiary/aromatic N) is 1. The zero-order valence-electron chi connectivity index (χ0n) is 12.2. The van der Waals surface area contributed by atoms with E-state index in [1.165, 1.54) is 0 Å². The fraction of sp³-hybridized carbons (Fsp3) is 0.600. The van der Waals surface area contributed by atoms with Crippen LogP contribution in [0.5, 0.6) is 11.5 Å². The first kappa shape index (κ1) is 14.2.